The molecule has 7 heteroatoms. The number of aryl methyl sites for hydroxylation is 2. The molecule has 0 fully saturated rings. The number of ether oxygens (including phenoxy) is 1. The van der Waals surface area contributed by atoms with Gasteiger partial charge in [0.05, 0.1) is 24.7 Å². The second kappa shape index (κ2) is 6.46. The van der Waals surface area contributed by atoms with Crippen LogP contribution in [0.4, 0.5) is 0 Å². The van der Waals surface area contributed by atoms with Crippen molar-refractivity contribution < 1.29 is 9.53 Å². The number of carbonyl (C=O) groups is 1. The molecular weight excluding hydrogens is 282 g/mol. The lowest BCUT2D eigenvalue weighted by Crippen LogP contribution is -2.02. The molecule has 0 saturated carbocycles. The van der Waals surface area contributed by atoms with E-state index in [4.69, 9.17) is 0 Å². The predicted molar refractivity (Wildman–Crippen MR) is 79.1 cm³/mol. The zero-order chi connectivity index (χ0) is 15.4. The maximum atomic E-state index is 11.3. The second-order valence-corrected chi connectivity index (χ2v) is 5.16. The van der Waals surface area contributed by atoms with Gasteiger partial charge in [-0.3, -0.25) is 4.68 Å². The third-order valence-electron chi connectivity index (χ3n) is 3.57. The number of aromatic nitrogens is 5. The molecule has 2 heterocycles. The normalized spacial score (nSPS) is 12.4. The van der Waals surface area contributed by atoms with E-state index in [1.165, 1.54) is 12.7 Å². The molecular formula is C15H17N5O2. The molecule has 0 saturated heterocycles. The number of methoxy groups -OCH3 is 1. The number of esters is 1. The smallest absolute Gasteiger partial charge is 0.360 e. The fourth-order valence-corrected chi connectivity index (χ4v) is 2.38. The van der Waals surface area contributed by atoms with Gasteiger partial charge in [0.2, 0.25) is 0 Å². The maximum Gasteiger partial charge on any atom is 0.360 e. The molecule has 0 amide bonds. The summed E-state index contributed by atoms with van der Waals surface area (Å²) in [5.41, 5.74) is 3.49. The summed E-state index contributed by atoms with van der Waals surface area (Å²) in [4.78, 5) is 11.3. The molecule has 3 rings (SSSR count). The van der Waals surface area contributed by atoms with Gasteiger partial charge in [-0.05, 0) is 30.9 Å². The zero-order valence-electron chi connectivity index (χ0n) is 12.4. The van der Waals surface area contributed by atoms with Crippen molar-refractivity contribution in [2.45, 2.75) is 32.2 Å². The molecule has 22 heavy (non-hydrogen) atoms. The molecule has 0 spiro atoms. The first-order valence-corrected chi connectivity index (χ1v) is 7.27. The molecule has 0 radical (unpaired) electrons. The van der Waals surface area contributed by atoms with Crippen molar-refractivity contribution >= 4 is 12.0 Å². The number of hydrogen-bond acceptors (Lipinski definition) is 6. The van der Waals surface area contributed by atoms with Gasteiger partial charge in [-0.25, -0.2) is 4.79 Å². The van der Waals surface area contributed by atoms with Gasteiger partial charge in [-0.15, -0.1) is 5.10 Å². The standard InChI is InChI=1S/C15H17N5O2/c1-22-15(21)14-10-20(19-18-14)8-3-2-6-12-9-11-5-4-7-13(11)17-16-12/h4-5,9-10H,2-3,6-8H2,1H3. The van der Waals surface area contributed by atoms with Gasteiger partial charge in [-0.2, -0.15) is 10.2 Å². The number of unbranched alkanes of at least 4 members (excludes halogenated alkanes) is 1. The summed E-state index contributed by atoms with van der Waals surface area (Å²) in [6, 6.07) is 2.11. The third-order valence-corrected chi connectivity index (χ3v) is 3.57. The Labute approximate surface area is 128 Å². The van der Waals surface area contributed by atoms with Crippen molar-refractivity contribution in [3.8, 4) is 0 Å². The second-order valence-electron chi connectivity index (χ2n) is 5.16. The lowest BCUT2D eigenvalue weighted by Gasteiger charge is -2.03. The highest BCUT2D eigenvalue weighted by atomic mass is 16.5. The topological polar surface area (TPSA) is 82.8 Å². The van der Waals surface area contributed by atoms with E-state index in [-0.39, 0.29) is 5.69 Å². The third kappa shape index (κ3) is 3.19. The van der Waals surface area contributed by atoms with Crippen LogP contribution in [0, 0.1) is 0 Å². The molecule has 114 valence electrons. The van der Waals surface area contributed by atoms with Crippen LogP contribution in [0.3, 0.4) is 0 Å². The van der Waals surface area contributed by atoms with Gasteiger partial charge in [-0.1, -0.05) is 17.4 Å². The van der Waals surface area contributed by atoms with Crippen molar-refractivity contribution in [3.63, 3.8) is 0 Å². The summed E-state index contributed by atoms with van der Waals surface area (Å²) in [6.07, 6.45) is 9.48. The molecule has 1 aliphatic rings. The monoisotopic (exact) mass is 299 g/mol. The average Bonchev–Trinajstić information content (AvgIpc) is 3.19. The number of allylic oxidation sites excluding steroid dienone is 1. The highest BCUT2D eigenvalue weighted by Gasteiger charge is 2.10. The minimum atomic E-state index is -0.465. The van der Waals surface area contributed by atoms with E-state index < -0.39 is 5.97 Å². The maximum absolute atomic E-state index is 11.3. The van der Waals surface area contributed by atoms with Crippen molar-refractivity contribution in [1.29, 1.82) is 0 Å². The van der Waals surface area contributed by atoms with Gasteiger partial charge in [0.15, 0.2) is 5.69 Å². The number of carbonyl (C=O) groups excluding carboxylic acids is 1. The predicted octanol–water partition coefficient (Wildman–Crippen LogP) is 1.45. The molecule has 0 bridgehead atoms. The number of nitrogens with zero attached hydrogens (tertiary/aromatic N) is 5. The van der Waals surface area contributed by atoms with Crippen LogP contribution in [0.2, 0.25) is 0 Å². The molecule has 7 nitrogen and oxygen atoms in total. The van der Waals surface area contributed by atoms with Crippen molar-refractivity contribution in [2.24, 2.45) is 0 Å². The lowest BCUT2D eigenvalue weighted by atomic mass is 10.1. The van der Waals surface area contributed by atoms with E-state index in [1.54, 1.807) is 10.9 Å². The molecule has 2 aromatic rings. The number of rotatable bonds is 6. The molecule has 0 aliphatic heterocycles. The van der Waals surface area contributed by atoms with Crippen LogP contribution in [-0.4, -0.2) is 38.3 Å². The van der Waals surface area contributed by atoms with Crippen LogP contribution >= 0.6 is 0 Å². The Morgan fingerprint density at radius 3 is 3.09 bits per heavy atom. The van der Waals surface area contributed by atoms with Crippen molar-refractivity contribution in [1.82, 2.24) is 25.2 Å². The largest absolute Gasteiger partial charge is 0.464 e. The Bertz CT molecular complexity index is 708. The first-order valence-electron chi connectivity index (χ1n) is 7.27. The van der Waals surface area contributed by atoms with E-state index in [9.17, 15) is 4.79 Å². The van der Waals surface area contributed by atoms with E-state index in [0.29, 0.717) is 6.54 Å². The van der Waals surface area contributed by atoms with Crippen LogP contribution in [-0.2, 0) is 24.1 Å². The minimum Gasteiger partial charge on any atom is -0.464 e. The summed E-state index contributed by atoms with van der Waals surface area (Å²) in [5.74, 6) is -0.465. The molecule has 0 aromatic carbocycles. The minimum absolute atomic E-state index is 0.235. The number of hydrogen-bond donors (Lipinski definition) is 0. The Morgan fingerprint density at radius 2 is 2.23 bits per heavy atom. The van der Waals surface area contributed by atoms with Gasteiger partial charge in [0.1, 0.15) is 0 Å². The molecule has 0 atom stereocenters. The van der Waals surface area contributed by atoms with Crippen LogP contribution in [0.5, 0.6) is 0 Å². The molecule has 0 N–H and O–H groups in total. The SMILES string of the molecule is COC(=O)c1cn(CCCCc2cc3c(nn2)CC=C3)nn1. The molecule has 1 aliphatic carbocycles. The molecule has 0 unspecified atom stereocenters. The van der Waals surface area contributed by atoms with Gasteiger partial charge in [0, 0.05) is 13.0 Å². The fraction of sp³-hybridized carbons (Fsp3) is 0.400. The average molecular weight is 299 g/mol. The van der Waals surface area contributed by atoms with Crippen LogP contribution in [0.1, 0.15) is 40.3 Å². The highest BCUT2D eigenvalue weighted by molar-refractivity contribution is 5.86. The highest BCUT2D eigenvalue weighted by Crippen LogP contribution is 2.17. The van der Waals surface area contributed by atoms with E-state index in [0.717, 1.165) is 37.1 Å². The fourth-order valence-electron chi connectivity index (χ4n) is 2.38. The van der Waals surface area contributed by atoms with E-state index in [2.05, 4.69) is 43.5 Å². The Kier molecular flexibility index (Phi) is 4.22. The summed E-state index contributed by atoms with van der Waals surface area (Å²) in [7, 11) is 1.33. The molecule has 2 aromatic heterocycles. The Hall–Kier alpha value is -2.57. The first kappa shape index (κ1) is 14.4. The van der Waals surface area contributed by atoms with Crippen molar-refractivity contribution in [2.75, 3.05) is 7.11 Å². The van der Waals surface area contributed by atoms with E-state index in [1.807, 2.05) is 0 Å². The summed E-state index contributed by atoms with van der Waals surface area (Å²) >= 11 is 0. The Balaban J connectivity index is 1.46. The quantitative estimate of drug-likeness (QED) is 0.593. The van der Waals surface area contributed by atoms with Crippen LogP contribution in [0.25, 0.3) is 6.08 Å². The lowest BCUT2D eigenvalue weighted by molar-refractivity contribution is 0.0594. The van der Waals surface area contributed by atoms with Gasteiger partial charge in [0.25, 0.3) is 0 Å². The van der Waals surface area contributed by atoms with Crippen molar-refractivity contribution in [3.05, 3.63) is 41.0 Å². The van der Waals surface area contributed by atoms with Gasteiger partial charge < -0.3 is 4.74 Å². The van der Waals surface area contributed by atoms with Gasteiger partial charge >= 0.3 is 5.97 Å². The van der Waals surface area contributed by atoms with Crippen LogP contribution in [0.15, 0.2) is 18.3 Å². The zero-order valence-corrected chi connectivity index (χ0v) is 12.4. The summed E-state index contributed by atoms with van der Waals surface area (Å²) in [6.45, 7) is 0.711. The summed E-state index contributed by atoms with van der Waals surface area (Å²) in [5, 5.41) is 16.2. The summed E-state index contributed by atoms with van der Waals surface area (Å²) < 4.78 is 6.25. The number of fused-ring (bicyclic) bond motifs is 1. The Morgan fingerprint density at radius 1 is 1.32 bits per heavy atom. The van der Waals surface area contributed by atoms with E-state index >= 15 is 0 Å². The van der Waals surface area contributed by atoms with Crippen LogP contribution < -0.4 is 0 Å². The first-order chi connectivity index (χ1) is 10.8.